The third-order valence-corrected chi connectivity index (χ3v) is 3.69. The van der Waals surface area contributed by atoms with Crippen molar-refractivity contribution < 1.29 is 9.84 Å². The van der Waals surface area contributed by atoms with E-state index in [0.717, 1.165) is 37.3 Å². The van der Waals surface area contributed by atoms with Crippen LogP contribution >= 0.6 is 0 Å². The topological polar surface area (TPSA) is 60.2 Å². The third kappa shape index (κ3) is 5.36. The summed E-state index contributed by atoms with van der Waals surface area (Å²) in [7, 11) is 0. The van der Waals surface area contributed by atoms with Crippen LogP contribution < -0.4 is 4.74 Å². The molecule has 1 heterocycles. The summed E-state index contributed by atoms with van der Waals surface area (Å²) in [5.74, 6) is 1.44. The first-order valence-electron chi connectivity index (χ1n) is 8.31. The highest BCUT2D eigenvalue weighted by molar-refractivity contribution is 5.27. The molecule has 0 fully saturated rings. The molecule has 0 aliphatic heterocycles. The van der Waals surface area contributed by atoms with Crippen molar-refractivity contribution >= 4 is 0 Å². The van der Waals surface area contributed by atoms with E-state index in [1.807, 2.05) is 22.9 Å². The Bertz CT molecular complexity index is 608. The van der Waals surface area contributed by atoms with Crippen molar-refractivity contribution in [2.75, 3.05) is 6.61 Å². The lowest BCUT2D eigenvalue weighted by atomic mass is 10.1. The van der Waals surface area contributed by atoms with Gasteiger partial charge in [-0.25, -0.2) is 4.68 Å². The van der Waals surface area contributed by atoms with Gasteiger partial charge in [0.2, 0.25) is 0 Å². The molecule has 0 aliphatic carbocycles. The molecule has 0 unspecified atom stereocenters. The quantitative estimate of drug-likeness (QED) is 0.722. The lowest BCUT2D eigenvalue weighted by Crippen LogP contribution is -2.10. The van der Waals surface area contributed by atoms with Gasteiger partial charge in [-0.2, -0.15) is 0 Å². The monoisotopic (exact) mass is 317 g/mol. The predicted octanol–water partition coefficient (Wildman–Crippen LogP) is 3.14. The molecule has 1 aromatic carbocycles. The second-order valence-electron chi connectivity index (χ2n) is 6.33. The number of aliphatic hydroxyl groups excluding tert-OH is 1. The maximum Gasteiger partial charge on any atom is 0.119 e. The Balaban J connectivity index is 1.79. The molecule has 1 aromatic heterocycles. The molecular formula is C18H27N3O2. The Morgan fingerprint density at radius 2 is 2.09 bits per heavy atom. The summed E-state index contributed by atoms with van der Waals surface area (Å²) < 4.78 is 7.69. The van der Waals surface area contributed by atoms with Gasteiger partial charge in [0.25, 0.3) is 0 Å². The minimum absolute atomic E-state index is 0.0431. The molecule has 0 radical (unpaired) electrons. The largest absolute Gasteiger partial charge is 0.494 e. The summed E-state index contributed by atoms with van der Waals surface area (Å²) in [4.78, 5) is 0. The smallest absolute Gasteiger partial charge is 0.119 e. The van der Waals surface area contributed by atoms with Crippen LogP contribution in [-0.2, 0) is 19.6 Å². The van der Waals surface area contributed by atoms with E-state index in [2.05, 4.69) is 37.1 Å². The van der Waals surface area contributed by atoms with E-state index in [-0.39, 0.29) is 6.61 Å². The normalized spacial score (nSPS) is 11.2. The van der Waals surface area contributed by atoms with Gasteiger partial charge in [-0.05, 0) is 49.8 Å². The van der Waals surface area contributed by atoms with E-state index in [4.69, 9.17) is 4.74 Å². The van der Waals surface area contributed by atoms with Crippen molar-refractivity contribution in [3.05, 3.63) is 41.2 Å². The molecule has 0 saturated carbocycles. The number of aryl methyl sites for hydroxylation is 2. The van der Waals surface area contributed by atoms with Crippen LogP contribution in [0.1, 0.15) is 43.6 Å². The first-order chi connectivity index (χ1) is 11.1. The van der Waals surface area contributed by atoms with E-state index >= 15 is 0 Å². The van der Waals surface area contributed by atoms with Gasteiger partial charge in [0.05, 0.1) is 18.9 Å². The van der Waals surface area contributed by atoms with Crippen molar-refractivity contribution in [2.24, 2.45) is 5.92 Å². The van der Waals surface area contributed by atoms with Gasteiger partial charge in [0, 0.05) is 6.54 Å². The Morgan fingerprint density at radius 1 is 1.26 bits per heavy atom. The van der Waals surface area contributed by atoms with Crippen LogP contribution in [0.25, 0.3) is 0 Å². The van der Waals surface area contributed by atoms with E-state index in [9.17, 15) is 5.11 Å². The number of hydrogen-bond donors (Lipinski definition) is 1. The number of aromatic nitrogens is 3. The van der Waals surface area contributed by atoms with Gasteiger partial charge < -0.3 is 9.84 Å². The zero-order valence-electron chi connectivity index (χ0n) is 14.3. The fourth-order valence-electron chi connectivity index (χ4n) is 2.54. The average molecular weight is 317 g/mol. The number of rotatable bonds is 9. The van der Waals surface area contributed by atoms with Crippen molar-refractivity contribution in [1.82, 2.24) is 15.0 Å². The lowest BCUT2D eigenvalue weighted by molar-refractivity contribution is 0.274. The van der Waals surface area contributed by atoms with Gasteiger partial charge in [-0.15, -0.1) is 5.10 Å². The molecule has 0 saturated heterocycles. The predicted molar refractivity (Wildman–Crippen MR) is 90.4 cm³/mol. The van der Waals surface area contributed by atoms with E-state index < -0.39 is 0 Å². The molecular weight excluding hydrogens is 290 g/mol. The minimum atomic E-state index is -0.0431. The van der Waals surface area contributed by atoms with E-state index in [0.29, 0.717) is 18.2 Å². The first kappa shape index (κ1) is 17.5. The zero-order valence-corrected chi connectivity index (χ0v) is 14.3. The van der Waals surface area contributed by atoms with Crippen LogP contribution in [0.5, 0.6) is 5.75 Å². The molecule has 5 heteroatoms. The summed E-state index contributed by atoms with van der Waals surface area (Å²) in [6.45, 7) is 7.85. The molecule has 0 atom stereocenters. The summed E-state index contributed by atoms with van der Waals surface area (Å²) in [5.41, 5.74) is 2.97. The van der Waals surface area contributed by atoms with Crippen molar-refractivity contribution in [1.29, 1.82) is 0 Å². The third-order valence-electron chi connectivity index (χ3n) is 3.69. The van der Waals surface area contributed by atoms with Crippen LogP contribution in [0, 0.1) is 12.8 Å². The van der Waals surface area contributed by atoms with Gasteiger partial charge in [-0.3, -0.25) is 0 Å². The van der Waals surface area contributed by atoms with Crippen LogP contribution in [-0.4, -0.2) is 26.7 Å². The first-order valence-corrected chi connectivity index (χ1v) is 8.31. The highest BCUT2D eigenvalue weighted by atomic mass is 16.5. The number of nitrogens with zero attached hydrogens (tertiary/aromatic N) is 3. The Morgan fingerprint density at radius 3 is 2.78 bits per heavy atom. The molecule has 0 spiro atoms. The van der Waals surface area contributed by atoms with Crippen LogP contribution in [0.4, 0.5) is 0 Å². The number of ether oxygens (including phenoxy) is 1. The van der Waals surface area contributed by atoms with Crippen LogP contribution in [0.3, 0.4) is 0 Å². The van der Waals surface area contributed by atoms with Crippen LogP contribution in [0.2, 0.25) is 0 Å². The Labute approximate surface area is 138 Å². The molecule has 2 rings (SSSR count). The summed E-state index contributed by atoms with van der Waals surface area (Å²) in [6.07, 6.45) is 2.83. The lowest BCUT2D eigenvalue weighted by Gasteiger charge is -2.10. The zero-order chi connectivity index (χ0) is 16.7. The van der Waals surface area contributed by atoms with Gasteiger partial charge >= 0.3 is 0 Å². The molecule has 5 nitrogen and oxygen atoms in total. The summed E-state index contributed by atoms with van der Waals surface area (Å²) >= 11 is 0. The minimum Gasteiger partial charge on any atom is -0.494 e. The van der Waals surface area contributed by atoms with Gasteiger partial charge in [0.15, 0.2) is 0 Å². The van der Waals surface area contributed by atoms with Crippen molar-refractivity contribution in [3.63, 3.8) is 0 Å². The number of aliphatic hydroxyl groups is 1. The van der Waals surface area contributed by atoms with Crippen molar-refractivity contribution in [3.8, 4) is 5.75 Å². The summed E-state index contributed by atoms with van der Waals surface area (Å²) in [6, 6.07) is 8.10. The molecule has 1 N–H and O–H groups in total. The second-order valence-corrected chi connectivity index (χ2v) is 6.33. The SMILES string of the molecule is Cc1cccc(OCCCCn2nnc(CO)c2CC(C)C)c1. The number of hydrogen-bond acceptors (Lipinski definition) is 4. The van der Waals surface area contributed by atoms with E-state index in [1.165, 1.54) is 5.56 Å². The van der Waals surface area contributed by atoms with Crippen LogP contribution in [0.15, 0.2) is 24.3 Å². The number of benzene rings is 1. The van der Waals surface area contributed by atoms with Crippen molar-refractivity contribution in [2.45, 2.75) is 53.2 Å². The molecule has 0 amide bonds. The maximum absolute atomic E-state index is 9.37. The molecule has 2 aromatic rings. The molecule has 23 heavy (non-hydrogen) atoms. The fourth-order valence-corrected chi connectivity index (χ4v) is 2.54. The Kier molecular flexibility index (Phi) is 6.59. The van der Waals surface area contributed by atoms with Gasteiger partial charge in [0.1, 0.15) is 11.4 Å². The Hall–Kier alpha value is -1.88. The average Bonchev–Trinajstić information content (AvgIpc) is 2.88. The van der Waals surface area contributed by atoms with E-state index in [1.54, 1.807) is 0 Å². The fraction of sp³-hybridized carbons (Fsp3) is 0.556. The standard InChI is InChI=1S/C18H27N3O2/c1-14(2)11-18-17(13-22)19-20-21(18)9-4-5-10-23-16-8-6-7-15(3)12-16/h6-8,12,14,22H,4-5,9-11,13H2,1-3H3. The van der Waals surface area contributed by atoms with Gasteiger partial charge in [-0.1, -0.05) is 31.2 Å². The second kappa shape index (κ2) is 8.67. The molecule has 0 aliphatic rings. The number of unbranched alkanes of at least 4 members (excludes halogenated alkanes) is 1. The molecule has 126 valence electrons. The highest BCUT2D eigenvalue weighted by Gasteiger charge is 2.13. The maximum atomic E-state index is 9.37. The summed E-state index contributed by atoms with van der Waals surface area (Å²) in [5, 5.41) is 17.6. The highest BCUT2D eigenvalue weighted by Crippen LogP contribution is 2.14. The molecule has 0 bridgehead atoms.